The van der Waals surface area contributed by atoms with Crippen LogP contribution in [0.2, 0.25) is 0 Å². The van der Waals surface area contributed by atoms with Crippen LogP contribution in [0.15, 0.2) is 60.7 Å². The Morgan fingerprint density at radius 3 is 2.26 bits per heavy atom. The van der Waals surface area contributed by atoms with Crippen LogP contribution in [0.1, 0.15) is 24.8 Å². The quantitative estimate of drug-likeness (QED) is 0.476. The molecule has 1 aromatic heterocycles. The Labute approximate surface area is 180 Å². The highest BCUT2D eigenvalue weighted by molar-refractivity contribution is 5.92. The lowest BCUT2D eigenvalue weighted by molar-refractivity contribution is -0.384. The van der Waals surface area contributed by atoms with Gasteiger partial charge >= 0.3 is 0 Å². The van der Waals surface area contributed by atoms with Gasteiger partial charge in [0.25, 0.3) is 5.69 Å². The van der Waals surface area contributed by atoms with E-state index in [2.05, 4.69) is 20.4 Å². The number of non-ortho nitro benzene ring substituents is 1. The molecule has 8 heteroatoms. The number of hydrogen-bond donors (Lipinski definition) is 1. The first kappa shape index (κ1) is 20.5. The maximum absolute atomic E-state index is 12.3. The number of aromatic nitrogens is 2. The fraction of sp³-hybridized carbons (Fsp3) is 0.261. The van der Waals surface area contributed by atoms with Gasteiger partial charge in [0.05, 0.1) is 17.0 Å². The molecule has 3 aromatic rings. The number of amides is 1. The van der Waals surface area contributed by atoms with Gasteiger partial charge in [0.2, 0.25) is 5.91 Å². The summed E-state index contributed by atoms with van der Waals surface area (Å²) < 4.78 is 0. The first-order valence-electron chi connectivity index (χ1n) is 10.3. The second kappa shape index (κ2) is 9.34. The molecule has 0 atom stereocenters. The fourth-order valence-corrected chi connectivity index (χ4v) is 3.62. The van der Waals surface area contributed by atoms with Crippen LogP contribution < -0.4 is 10.2 Å². The molecule has 8 nitrogen and oxygen atoms in total. The summed E-state index contributed by atoms with van der Waals surface area (Å²) in [7, 11) is 0. The maximum Gasteiger partial charge on any atom is 0.269 e. The van der Waals surface area contributed by atoms with E-state index in [9.17, 15) is 14.9 Å². The highest BCUT2D eigenvalue weighted by atomic mass is 16.6. The van der Waals surface area contributed by atoms with Crippen LogP contribution in [-0.4, -0.2) is 34.1 Å². The highest BCUT2D eigenvalue weighted by Crippen LogP contribution is 2.22. The predicted octanol–water partition coefficient (Wildman–Crippen LogP) is 4.22. The van der Waals surface area contributed by atoms with Crippen molar-refractivity contribution >= 4 is 23.1 Å². The lowest BCUT2D eigenvalue weighted by Crippen LogP contribution is -2.30. The second-order valence-corrected chi connectivity index (χ2v) is 7.55. The van der Waals surface area contributed by atoms with E-state index in [0.717, 1.165) is 30.2 Å². The number of nitrogens with zero attached hydrogens (tertiary/aromatic N) is 4. The fourth-order valence-electron chi connectivity index (χ4n) is 3.62. The molecule has 2 aromatic carbocycles. The van der Waals surface area contributed by atoms with Crippen molar-refractivity contribution in [3.8, 4) is 11.3 Å². The molecule has 1 aliphatic rings. The number of rotatable bonds is 6. The average Bonchev–Trinajstić information content (AvgIpc) is 2.80. The molecular weight excluding hydrogens is 394 g/mol. The average molecular weight is 417 g/mol. The van der Waals surface area contributed by atoms with E-state index in [1.54, 1.807) is 12.1 Å². The topological polar surface area (TPSA) is 101 Å². The van der Waals surface area contributed by atoms with E-state index in [1.165, 1.54) is 31.4 Å². The number of piperidine rings is 1. The Hall–Kier alpha value is -3.81. The molecule has 4 rings (SSSR count). The summed E-state index contributed by atoms with van der Waals surface area (Å²) >= 11 is 0. The number of nitro benzene ring substituents is 1. The van der Waals surface area contributed by atoms with Gasteiger partial charge in [-0.1, -0.05) is 24.3 Å². The number of nitro groups is 1. The van der Waals surface area contributed by atoms with E-state index >= 15 is 0 Å². The van der Waals surface area contributed by atoms with E-state index in [0.29, 0.717) is 11.3 Å². The summed E-state index contributed by atoms with van der Waals surface area (Å²) in [5, 5.41) is 22.3. The standard InChI is InChI=1S/C23H23N5O3/c29-23(16-17-4-10-20(11-5-17)28(30)31)24-19-8-6-18(7-9-19)21-12-13-22(26-25-21)27-14-2-1-3-15-27/h4-13H,1-3,14-16H2,(H,24,29). The minimum Gasteiger partial charge on any atom is -0.355 e. The molecule has 158 valence electrons. The molecule has 0 aliphatic carbocycles. The van der Waals surface area contributed by atoms with Crippen LogP contribution in [0, 0.1) is 10.1 Å². The van der Waals surface area contributed by atoms with Crippen LogP contribution in [0.5, 0.6) is 0 Å². The van der Waals surface area contributed by atoms with Crippen molar-refractivity contribution in [1.82, 2.24) is 10.2 Å². The van der Waals surface area contributed by atoms with Gasteiger partial charge in [-0.05, 0) is 49.1 Å². The first-order chi connectivity index (χ1) is 15.1. The van der Waals surface area contributed by atoms with Gasteiger partial charge in [-0.3, -0.25) is 14.9 Å². The Kier molecular flexibility index (Phi) is 6.16. The second-order valence-electron chi connectivity index (χ2n) is 7.55. The van der Waals surface area contributed by atoms with Crippen molar-refractivity contribution in [2.45, 2.75) is 25.7 Å². The van der Waals surface area contributed by atoms with E-state index in [-0.39, 0.29) is 18.0 Å². The molecule has 1 N–H and O–H groups in total. The van der Waals surface area contributed by atoms with Crippen LogP contribution in [-0.2, 0) is 11.2 Å². The molecule has 1 amide bonds. The lowest BCUT2D eigenvalue weighted by Gasteiger charge is -2.27. The normalized spacial score (nSPS) is 13.6. The van der Waals surface area contributed by atoms with Gasteiger partial charge in [0, 0.05) is 36.5 Å². The zero-order valence-corrected chi connectivity index (χ0v) is 17.0. The van der Waals surface area contributed by atoms with Gasteiger partial charge < -0.3 is 10.2 Å². The third kappa shape index (κ3) is 5.22. The summed E-state index contributed by atoms with van der Waals surface area (Å²) in [5.41, 5.74) is 3.10. The summed E-state index contributed by atoms with van der Waals surface area (Å²) in [5.74, 6) is 0.728. The molecule has 31 heavy (non-hydrogen) atoms. The Morgan fingerprint density at radius 2 is 1.65 bits per heavy atom. The lowest BCUT2D eigenvalue weighted by atomic mass is 10.1. The molecule has 1 fully saturated rings. The number of nitrogens with one attached hydrogen (secondary N) is 1. The molecule has 0 spiro atoms. The van der Waals surface area contributed by atoms with Crippen LogP contribution in [0.3, 0.4) is 0 Å². The van der Waals surface area contributed by atoms with Crippen molar-refractivity contribution in [2.75, 3.05) is 23.3 Å². The van der Waals surface area contributed by atoms with Gasteiger partial charge in [0.15, 0.2) is 5.82 Å². The monoisotopic (exact) mass is 417 g/mol. The van der Waals surface area contributed by atoms with E-state index in [1.807, 2.05) is 36.4 Å². The Morgan fingerprint density at radius 1 is 0.935 bits per heavy atom. The Balaban J connectivity index is 1.35. The third-order valence-corrected chi connectivity index (χ3v) is 5.31. The van der Waals surface area contributed by atoms with Crippen molar-refractivity contribution in [1.29, 1.82) is 0 Å². The van der Waals surface area contributed by atoms with Gasteiger partial charge in [-0.15, -0.1) is 10.2 Å². The molecule has 1 saturated heterocycles. The summed E-state index contributed by atoms with van der Waals surface area (Å²) in [6.07, 6.45) is 3.81. The number of carbonyl (C=O) groups is 1. The van der Waals surface area contributed by atoms with E-state index in [4.69, 9.17) is 0 Å². The molecular formula is C23H23N5O3. The van der Waals surface area contributed by atoms with Crippen molar-refractivity contribution in [3.63, 3.8) is 0 Å². The minimum atomic E-state index is -0.461. The zero-order chi connectivity index (χ0) is 21.6. The largest absolute Gasteiger partial charge is 0.355 e. The SMILES string of the molecule is O=C(Cc1ccc([N+](=O)[O-])cc1)Nc1ccc(-c2ccc(N3CCCCC3)nn2)cc1. The molecule has 0 radical (unpaired) electrons. The van der Waals surface area contributed by atoms with Gasteiger partial charge in [-0.2, -0.15) is 0 Å². The minimum absolute atomic E-state index is 0.00630. The predicted molar refractivity (Wildman–Crippen MR) is 119 cm³/mol. The molecule has 0 bridgehead atoms. The maximum atomic E-state index is 12.3. The summed E-state index contributed by atoms with van der Waals surface area (Å²) in [6.45, 7) is 2.06. The summed E-state index contributed by atoms with van der Waals surface area (Å²) in [4.78, 5) is 24.8. The Bertz CT molecular complexity index is 1040. The molecule has 0 saturated carbocycles. The molecule has 1 aliphatic heterocycles. The molecule has 2 heterocycles. The number of benzene rings is 2. The van der Waals surface area contributed by atoms with Crippen LogP contribution in [0.4, 0.5) is 17.2 Å². The van der Waals surface area contributed by atoms with Crippen molar-refractivity contribution in [2.24, 2.45) is 0 Å². The van der Waals surface area contributed by atoms with E-state index < -0.39 is 4.92 Å². The third-order valence-electron chi connectivity index (χ3n) is 5.31. The summed E-state index contributed by atoms with van der Waals surface area (Å²) in [6, 6.07) is 17.4. The first-order valence-corrected chi connectivity index (χ1v) is 10.3. The number of carbonyl (C=O) groups excluding carboxylic acids is 1. The van der Waals surface area contributed by atoms with Crippen LogP contribution in [0.25, 0.3) is 11.3 Å². The number of anilines is 2. The highest BCUT2D eigenvalue weighted by Gasteiger charge is 2.13. The molecule has 0 unspecified atom stereocenters. The van der Waals surface area contributed by atoms with Gasteiger partial charge in [-0.25, -0.2) is 0 Å². The van der Waals surface area contributed by atoms with Gasteiger partial charge in [0.1, 0.15) is 0 Å². The van der Waals surface area contributed by atoms with Crippen LogP contribution >= 0.6 is 0 Å². The number of hydrogen-bond acceptors (Lipinski definition) is 6. The zero-order valence-electron chi connectivity index (χ0n) is 17.0. The van der Waals surface area contributed by atoms with Crippen molar-refractivity contribution < 1.29 is 9.72 Å². The van der Waals surface area contributed by atoms with Crippen molar-refractivity contribution in [3.05, 3.63) is 76.3 Å². The smallest absolute Gasteiger partial charge is 0.269 e.